The molecule has 1 fully saturated rings. The molecule has 0 saturated heterocycles. The van der Waals surface area contributed by atoms with Crippen molar-refractivity contribution in [2.75, 3.05) is 5.32 Å². The Balaban J connectivity index is 2.31. The highest BCUT2D eigenvalue weighted by molar-refractivity contribution is 7.80. The van der Waals surface area contributed by atoms with Gasteiger partial charge in [0, 0.05) is 17.3 Å². The summed E-state index contributed by atoms with van der Waals surface area (Å²) < 4.78 is 0. The van der Waals surface area contributed by atoms with E-state index < -0.39 is 0 Å². The van der Waals surface area contributed by atoms with Gasteiger partial charge in [0.15, 0.2) is 0 Å². The fourth-order valence-corrected chi connectivity index (χ4v) is 3.00. The van der Waals surface area contributed by atoms with Crippen molar-refractivity contribution in [1.82, 2.24) is 0 Å². The van der Waals surface area contributed by atoms with Crippen LogP contribution in [0.3, 0.4) is 0 Å². The standard InChI is InChI=1S/C15H22N2S/c1-10-6-4-7-11(14(16)18)13(10)17-12-8-5-9-15(12,2)3/h4,6-7,12,17H,5,8-9H2,1-3H3,(H2,16,18). The van der Waals surface area contributed by atoms with Crippen molar-refractivity contribution in [1.29, 1.82) is 0 Å². The van der Waals surface area contributed by atoms with Crippen molar-refractivity contribution in [3.8, 4) is 0 Å². The van der Waals surface area contributed by atoms with Crippen LogP contribution in [0.4, 0.5) is 5.69 Å². The lowest BCUT2D eigenvalue weighted by Gasteiger charge is -2.30. The summed E-state index contributed by atoms with van der Waals surface area (Å²) in [6.07, 6.45) is 3.79. The summed E-state index contributed by atoms with van der Waals surface area (Å²) in [6.45, 7) is 6.76. The molecule has 0 aliphatic heterocycles. The van der Waals surface area contributed by atoms with Crippen LogP contribution in [-0.4, -0.2) is 11.0 Å². The molecule has 2 nitrogen and oxygen atoms in total. The lowest BCUT2D eigenvalue weighted by molar-refractivity contribution is 0.350. The minimum atomic E-state index is 0.343. The third-order valence-corrected chi connectivity index (χ3v) is 4.33. The quantitative estimate of drug-likeness (QED) is 0.817. The van der Waals surface area contributed by atoms with Gasteiger partial charge in [-0.05, 0) is 36.8 Å². The number of nitrogens with two attached hydrogens (primary N) is 1. The maximum absolute atomic E-state index is 5.82. The van der Waals surface area contributed by atoms with Gasteiger partial charge in [-0.3, -0.25) is 0 Å². The van der Waals surface area contributed by atoms with E-state index in [9.17, 15) is 0 Å². The van der Waals surface area contributed by atoms with Gasteiger partial charge in [-0.15, -0.1) is 0 Å². The number of hydrogen-bond donors (Lipinski definition) is 2. The van der Waals surface area contributed by atoms with Crippen molar-refractivity contribution in [3.63, 3.8) is 0 Å². The molecule has 1 aliphatic rings. The number of aryl methyl sites for hydroxylation is 1. The molecule has 1 saturated carbocycles. The Morgan fingerprint density at radius 3 is 2.72 bits per heavy atom. The highest BCUT2D eigenvalue weighted by atomic mass is 32.1. The summed E-state index contributed by atoms with van der Waals surface area (Å²) in [7, 11) is 0. The predicted molar refractivity (Wildman–Crippen MR) is 82.1 cm³/mol. The highest BCUT2D eigenvalue weighted by Gasteiger charge is 2.34. The number of para-hydroxylation sites is 1. The van der Waals surface area contributed by atoms with E-state index in [0.717, 1.165) is 11.3 Å². The van der Waals surface area contributed by atoms with E-state index in [1.165, 1.54) is 24.8 Å². The normalized spacial score (nSPS) is 21.8. The smallest absolute Gasteiger partial charge is 0.106 e. The van der Waals surface area contributed by atoms with Gasteiger partial charge in [-0.1, -0.05) is 44.6 Å². The second kappa shape index (κ2) is 4.88. The second-order valence-corrected chi connectivity index (χ2v) is 6.38. The van der Waals surface area contributed by atoms with E-state index in [1.807, 2.05) is 12.1 Å². The van der Waals surface area contributed by atoms with E-state index in [-0.39, 0.29) is 0 Å². The maximum atomic E-state index is 5.82. The molecule has 1 unspecified atom stereocenters. The first kappa shape index (κ1) is 13.3. The lowest BCUT2D eigenvalue weighted by atomic mass is 9.87. The summed E-state index contributed by atoms with van der Waals surface area (Å²) in [4.78, 5) is 0.469. The zero-order valence-electron chi connectivity index (χ0n) is 11.4. The van der Waals surface area contributed by atoms with Crippen LogP contribution >= 0.6 is 12.2 Å². The highest BCUT2D eigenvalue weighted by Crippen LogP contribution is 2.39. The first-order valence-electron chi connectivity index (χ1n) is 6.58. The lowest BCUT2D eigenvalue weighted by Crippen LogP contribution is -2.32. The number of thiocarbonyl (C=S) groups is 1. The molecule has 0 spiro atoms. The Morgan fingerprint density at radius 1 is 1.44 bits per heavy atom. The fourth-order valence-electron chi connectivity index (χ4n) is 2.83. The summed E-state index contributed by atoms with van der Waals surface area (Å²) in [6, 6.07) is 6.62. The van der Waals surface area contributed by atoms with Gasteiger partial charge < -0.3 is 11.1 Å². The average Bonchev–Trinajstić information content (AvgIpc) is 2.60. The van der Waals surface area contributed by atoms with Crippen LogP contribution in [-0.2, 0) is 0 Å². The topological polar surface area (TPSA) is 38.0 Å². The molecule has 0 amide bonds. The molecule has 0 bridgehead atoms. The minimum absolute atomic E-state index is 0.343. The Hall–Kier alpha value is -1.09. The molecule has 0 aromatic heterocycles. The van der Waals surface area contributed by atoms with Crippen molar-refractivity contribution in [3.05, 3.63) is 29.3 Å². The van der Waals surface area contributed by atoms with E-state index in [0.29, 0.717) is 16.4 Å². The van der Waals surface area contributed by atoms with Crippen molar-refractivity contribution < 1.29 is 0 Å². The Kier molecular flexibility index (Phi) is 3.62. The molecule has 18 heavy (non-hydrogen) atoms. The number of rotatable bonds is 3. The summed E-state index contributed by atoms with van der Waals surface area (Å²) in [5.41, 5.74) is 9.45. The molecule has 1 aromatic carbocycles. The van der Waals surface area contributed by atoms with Crippen LogP contribution in [0.1, 0.15) is 44.2 Å². The van der Waals surface area contributed by atoms with E-state index in [4.69, 9.17) is 18.0 Å². The first-order valence-corrected chi connectivity index (χ1v) is 6.98. The molecule has 3 heteroatoms. The monoisotopic (exact) mass is 262 g/mol. The van der Waals surface area contributed by atoms with Gasteiger partial charge in [0.05, 0.1) is 0 Å². The molecular formula is C15H22N2S. The Labute approximate surface area is 115 Å². The van der Waals surface area contributed by atoms with Gasteiger partial charge in [0.2, 0.25) is 0 Å². The number of hydrogen-bond acceptors (Lipinski definition) is 2. The second-order valence-electron chi connectivity index (χ2n) is 5.94. The maximum Gasteiger partial charge on any atom is 0.106 e. The van der Waals surface area contributed by atoms with Gasteiger partial charge in [0.25, 0.3) is 0 Å². The van der Waals surface area contributed by atoms with Crippen LogP contribution in [0.2, 0.25) is 0 Å². The van der Waals surface area contributed by atoms with Gasteiger partial charge in [-0.25, -0.2) is 0 Å². The van der Waals surface area contributed by atoms with E-state index in [1.54, 1.807) is 0 Å². The van der Waals surface area contributed by atoms with Crippen molar-refractivity contribution >= 4 is 22.9 Å². The third kappa shape index (κ3) is 2.51. The summed E-state index contributed by atoms with van der Waals surface area (Å²) in [5.74, 6) is 0. The molecule has 0 heterocycles. The zero-order chi connectivity index (χ0) is 13.3. The molecular weight excluding hydrogens is 240 g/mol. The number of anilines is 1. The SMILES string of the molecule is Cc1cccc(C(N)=S)c1NC1CCCC1(C)C. The molecule has 2 rings (SSSR count). The van der Waals surface area contributed by atoms with Crippen LogP contribution < -0.4 is 11.1 Å². The Morgan fingerprint density at radius 2 is 2.17 bits per heavy atom. The molecule has 3 N–H and O–H groups in total. The van der Waals surface area contributed by atoms with Crippen LogP contribution in [0.15, 0.2) is 18.2 Å². The summed E-state index contributed by atoms with van der Waals surface area (Å²) in [5, 5.41) is 3.68. The van der Waals surface area contributed by atoms with Crippen molar-refractivity contribution in [2.24, 2.45) is 11.1 Å². The zero-order valence-corrected chi connectivity index (χ0v) is 12.2. The largest absolute Gasteiger partial charge is 0.389 e. The molecule has 1 aromatic rings. The third-order valence-electron chi connectivity index (χ3n) is 4.11. The molecule has 0 radical (unpaired) electrons. The summed E-state index contributed by atoms with van der Waals surface area (Å²) >= 11 is 5.15. The van der Waals surface area contributed by atoms with Crippen LogP contribution in [0, 0.1) is 12.3 Å². The fraction of sp³-hybridized carbons (Fsp3) is 0.533. The van der Waals surface area contributed by atoms with Gasteiger partial charge in [0.1, 0.15) is 4.99 Å². The van der Waals surface area contributed by atoms with Crippen LogP contribution in [0.5, 0.6) is 0 Å². The van der Waals surface area contributed by atoms with E-state index >= 15 is 0 Å². The minimum Gasteiger partial charge on any atom is -0.389 e. The van der Waals surface area contributed by atoms with Crippen molar-refractivity contribution in [2.45, 2.75) is 46.1 Å². The Bertz CT molecular complexity index is 466. The average molecular weight is 262 g/mol. The number of benzene rings is 1. The first-order chi connectivity index (χ1) is 8.42. The van der Waals surface area contributed by atoms with E-state index in [2.05, 4.69) is 32.2 Å². The van der Waals surface area contributed by atoms with Gasteiger partial charge >= 0.3 is 0 Å². The molecule has 1 atom stereocenters. The molecule has 1 aliphatic carbocycles. The van der Waals surface area contributed by atoms with Crippen LogP contribution in [0.25, 0.3) is 0 Å². The predicted octanol–water partition coefficient (Wildman–Crippen LogP) is 3.62. The molecule has 98 valence electrons. The number of nitrogens with one attached hydrogen (secondary N) is 1. The van der Waals surface area contributed by atoms with Gasteiger partial charge in [-0.2, -0.15) is 0 Å².